The number of anilines is 1. The van der Waals surface area contributed by atoms with Gasteiger partial charge >= 0.3 is 5.69 Å². The molecule has 0 saturated heterocycles. The van der Waals surface area contributed by atoms with Crippen LogP contribution in [0.2, 0.25) is 0 Å². The van der Waals surface area contributed by atoms with Crippen LogP contribution in [-0.2, 0) is 6.42 Å². The van der Waals surface area contributed by atoms with Crippen molar-refractivity contribution < 1.29 is 4.39 Å². The molecule has 102 valence electrons. The molecule has 0 saturated carbocycles. The van der Waals surface area contributed by atoms with E-state index in [1.54, 1.807) is 6.07 Å². The highest BCUT2D eigenvalue weighted by atomic mass is 19.1. The smallest absolute Gasteiger partial charge is 0.340 e. The van der Waals surface area contributed by atoms with Gasteiger partial charge < -0.3 is 5.32 Å². The molecule has 0 bridgehead atoms. The van der Waals surface area contributed by atoms with Crippen LogP contribution in [0.15, 0.2) is 35.1 Å². The number of nitrogens with one attached hydrogen (secondary N) is 3. The van der Waals surface area contributed by atoms with E-state index in [1.165, 1.54) is 12.1 Å². The lowest BCUT2D eigenvalue weighted by Crippen LogP contribution is -2.08. The lowest BCUT2D eigenvalue weighted by molar-refractivity contribution is 0.629. The molecule has 0 aliphatic rings. The van der Waals surface area contributed by atoms with E-state index in [2.05, 4.69) is 25.5 Å². The van der Waals surface area contributed by atoms with Crippen molar-refractivity contribution in [2.45, 2.75) is 6.42 Å². The number of nitrogens with zero attached hydrogens (tertiary/aromatic N) is 2. The molecular formula is C13H12FN5O. The molecule has 0 spiro atoms. The van der Waals surface area contributed by atoms with Crippen LogP contribution >= 0.6 is 0 Å². The Morgan fingerprint density at radius 2 is 2.10 bits per heavy atom. The highest BCUT2D eigenvalue weighted by Crippen LogP contribution is 2.16. The first-order valence-electron chi connectivity index (χ1n) is 6.14. The second-order valence-electron chi connectivity index (χ2n) is 4.33. The zero-order chi connectivity index (χ0) is 13.9. The topological polar surface area (TPSA) is 86.5 Å². The minimum Gasteiger partial charge on any atom is -0.370 e. The Hall–Kier alpha value is -2.70. The lowest BCUT2D eigenvalue weighted by atomic mass is 10.2. The van der Waals surface area contributed by atoms with E-state index in [0.717, 1.165) is 5.39 Å². The molecule has 2 aromatic heterocycles. The molecule has 1 aromatic carbocycles. The third kappa shape index (κ3) is 2.66. The van der Waals surface area contributed by atoms with Crippen LogP contribution in [0.1, 0.15) is 5.82 Å². The molecule has 0 aliphatic carbocycles. The minimum absolute atomic E-state index is 0.309. The molecule has 0 fully saturated rings. The molecule has 3 aromatic rings. The standard InChI is InChI=1S/C13H12FN5O/c14-9-3-1-8-2-4-11(16-10(8)7-9)15-6-5-12-17-13(20)19-18-12/h1-4,7H,5-6H2,(H,15,16)(H2,17,18,19,20). The van der Waals surface area contributed by atoms with Gasteiger partial charge in [0.05, 0.1) is 5.52 Å². The third-order valence-electron chi connectivity index (χ3n) is 2.87. The maximum absolute atomic E-state index is 13.1. The predicted octanol–water partition coefficient (Wildman–Crippen LogP) is 1.44. The number of halogens is 1. The summed E-state index contributed by atoms with van der Waals surface area (Å²) in [5.41, 5.74) is 0.280. The van der Waals surface area contributed by atoms with Crippen LogP contribution in [0.3, 0.4) is 0 Å². The first-order valence-corrected chi connectivity index (χ1v) is 6.14. The maximum atomic E-state index is 13.1. The molecule has 6 nitrogen and oxygen atoms in total. The fourth-order valence-corrected chi connectivity index (χ4v) is 1.92. The number of aromatic nitrogens is 4. The van der Waals surface area contributed by atoms with Crippen LogP contribution < -0.4 is 11.0 Å². The number of hydrogen-bond donors (Lipinski definition) is 3. The summed E-state index contributed by atoms with van der Waals surface area (Å²) in [5, 5.41) is 10.1. The summed E-state index contributed by atoms with van der Waals surface area (Å²) in [5.74, 6) is 0.923. The molecule has 0 aliphatic heterocycles. The van der Waals surface area contributed by atoms with Crippen LogP contribution in [0.4, 0.5) is 10.2 Å². The Morgan fingerprint density at radius 1 is 1.25 bits per heavy atom. The number of aromatic amines is 2. The van der Waals surface area contributed by atoms with Gasteiger partial charge in [-0.2, -0.15) is 5.10 Å². The van der Waals surface area contributed by atoms with Gasteiger partial charge in [-0.25, -0.2) is 19.3 Å². The maximum Gasteiger partial charge on any atom is 0.340 e. The van der Waals surface area contributed by atoms with E-state index in [0.29, 0.717) is 30.1 Å². The fraction of sp³-hybridized carbons (Fsp3) is 0.154. The Morgan fingerprint density at radius 3 is 2.90 bits per heavy atom. The van der Waals surface area contributed by atoms with E-state index < -0.39 is 0 Å². The summed E-state index contributed by atoms with van der Waals surface area (Å²) >= 11 is 0. The van der Waals surface area contributed by atoms with Crippen LogP contribution in [0.5, 0.6) is 0 Å². The summed E-state index contributed by atoms with van der Waals surface area (Å²) in [6, 6.07) is 8.20. The summed E-state index contributed by atoms with van der Waals surface area (Å²) < 4.78 is 13.1. The zero-order valence-corrected chi connectivity index (χ0v) is 10.5. The molecule has 7 heteroatoms. The monoisotopic (exact) mass is 273 g/mol. The van der Waals surface area contributed by atoms with E-state index in [1.807, 2.05) is 12.1 Å². The summed E-state index contributed by atoms with van der Waals surface area (Å²) in [6.07, 6.45) is 0.557. The first-order chi connectivity index (χ1) is 9.70. The van der Waals surface area contributed by atoms with E-state index in [9.17, 15) is 9.18 Å². The first kappa shape index (κ1) is 12.3. The van der Waals surface area contributed by atoms with Crippen molar-refractivity contribution in [3.8, 4) is 0 Å². The Balaban J connectivity index is 1.69. The van der Waals surface area contributed by atoms with Crippen molar-refractivity contribution >= 4 is 16.7 Å². The van der Waals surface area contributed by atoms with Crippen molar-refractivity contribution in [1.29, 1.82) is 0 Å². The van der Waals surface area contributed by atoms with Crippen molar-refractivity contribution in [1.82, 2.24) is 20.2 Å². The summed E-state index contributed by atoms with van der Waals surface area (Å²) in [4.78, 5) is 17.7. The average Bonchev–Trinajstić information content (AvgIpc) is 2.84. The van der Waals surface area contributed by atoms with E-state index >= 15 is 0 Å². The molecule has 0 radical (unpaired) electrons. The van der Waals surface area contributed by atoms with E-state index in [4.69, 9.17) is 0 Å². The number of H-pyrrole nitrogens is 2. The van der Waals surface area contributed by atoms with Gasteiger partial charge in [0.15, 0.2) is 0 Å². The molecular weight excluding hydrogens is 261 g/mol. The fourth-order valence-electron chi connectivity index (χ4n) is 1.92. The van der Waals surface area contributed by atoms with E-state index in [-0.39, 0.29) is 11.5 Å². The number of benzene rings is 1. The number of fused-ring (bicyclic) bond motifs is 1. The Labute approximate surface area is 113 Å². The molecule has 20 heavy (non-hydrogen) atoms. The highest BCUT2D eigenvalue weighted by Gasteiger charge is 2.01. The van der Waals surface area contributed by atoms with Crippen molar-refractivity contribution in [2.24, 2.45) is 0 Å². The van der Waals surface area contributed by atoms with Crippen molar-refractivity contribution in [3.05, 3.63) is 52.5 Å². The second kappa shape index (κ2) is 5.12. The summed E-state index contributed by atoms with van der Waals surface area (Å²) in [6.45, 7) is 0.564. The molecule has 0 amide bonds. The minimum atomic E-state index is -0.320. The Kier molecular flexibility index (Phi) is 3.16. The van der Waals surface area contributed by atoms with Gasteiger partial charge in [-0.1, -0.05) is 0 Å². The summed E-state index contributed by atoms with van der Waals surface area (Å²) in [7, 11) is 0. The second-order valence-corrected chi connectivity index (χ2v) is 4.33. The molecule has 3 N–H and O–H groups in total. The zero-order valence-electron chi connectivity index (χ0n) is 10.5. The molecule has 3 rings (SSSR count). The van der Waals surface area contributed by atoms with Crippen LogP contribution in [0.25, 0.3) is 10.9 Å². The number of hydrogen-bond acceptors (Lipinski definition) is 4. The van der Waals surface area contributed by atoms with Gasteiger partial charge in [-0.15, -0.1) is 0 Å². The van der Waals surface area contributed by atoms with Crippen LogP contribution in [0, 0.1) is 5.82 Å². The van der Waals surface area contributed by atoms with Gasteiger partial charge in [-0.05, 0) is 24.3 Å². The Bertz CT molecular complexity index is 795. The molecule has 0 atom stereocenters. The number of pyridine rings is 1. The van der Waals surface area contributed by atoms with Gasteiger partial charge in [0.25, 0.3) is 0 Å². The van der Waals surface area contributed by atoms with Gasteiger partial charge in [-0.3, -0.25) is 4.98 Å². The largest absolute Gasteiger partial charge is 0.370 e. The quantitative estimate of drug-likeness (QED) is 0.671. The molecule has 0 unspecified atom stereocenters. The van der Waals surface area contributed by atoms with Gasteiger partial charge in [0.2, 0.25) is 0 Å². The third-order valence-corrected chi connectivity index (χ3v) is 2.87. The molecule has 2 heterocycles. The highest BCUT2D eigenvalue weighted by molar-refractivity contribution is 5.80. The van der Waals surface area contributed by atoms with Crippen molar-refractivity contribution in [2.75, 3.05) is 11.9 Å². The normalized spacial score (nSPS) is 10.8. The van der Waals surface area contributed by atoms with Crippen LogP contribution in [-0.4, -0.2) is 26.7 Å². The average molecular weight is 273 g/mol. The predicted molar refractivity (Wildman–Crippen MR) is 73.1 cm³/mol. The van der Waals surface area contributed by atoms with Gasteiger partial charge in [0, 0.05) is 24.4 Å². The lowest BCUT2D eigenvalue weighted by Gasteiger charge is -2.05. The SMILES string of the molecule is O=c1[nH]nc(CCNc2ccc3ccc(F)cc3n2)[nH]1. The van der Waals surface area contributed by atoms with Crippen molar-refractivity contribution in [3.63, 3.8) is 0 Å². The number of rotatable bonds is 4. The van der Waals surface area contributed by atoms with Gasteiger partial charge in [0.1, 0.15) is 17.5 Å².